The van der Waals surface area contributed by atoms with Gasteiger partial charge in [-0.05, 0) is 28.1 Å². The van der Waals surface area contributed by atoms with Crippen molar-refractivity contribution in [2.75, 3.05) is 7.11 Å². The lowest BCUT2D eigenvalue weighted by Crippen LogP contribution is -1.90. The van der Waals surface area contributed by atoms with Crippen LogP contribution in [0, 0.1) is 0 Å². The summed E-state index contributed by atoms with van der Waals surface area (Å²) in [7, 11) is 1.63. The number of fused-ring (bicyclic) bond motifs is 1. The highest BCUT2D eigenvalue weighted by molar-refractivity contribution is 9.10. The summed E-state index contributed by atoms with van der Waals surface area (Å²) in [4.78, 5) is 0. The van der Waals surface area contributed by atoms with E-state index in [0.717, 1.165) is 15.7 Å². The van der Waals surface area contributed by atoms with Crippen LogP contribution in [0.25, 0.3) is 5.52 Å². The number of ether oxygens (including phenoxy) is 1. The first-order valence-electron chi connectivity index (χ1n) is 3.48. The van der Waals surface area contributed by atoms with Crippen molar-refractivity contribution in [2.45, 2.75) is 0 Å². The van der Waals surface area contributed by atoms with Gasteiger partial charge >= 0.3 is 0 Å². The zero-order chi connectivity index (χ0) is 8.55. The van der Waals surface area contributed by atoms with Crippen molar-refractivity contribution in [3.8, 4) is 5.75 Å². The van der Waals surface area contributed by atoms with Gasteiger partial charge in [0.1, 0.15) is 0 Å². The molecule has 62 valence electrons. The molecule has 4 heteroatoms. The van der Waals surface area contributed by atoms with Crippen LogP contribution in [0.4, 0.5) is 0 Å². The van der Waals surface area contributed by atoms with Crippen LogP contribution in [0.15, 0.2) is 29.0 Å². The maximum absolute atomic E-state index is 5.11. The summed E-state index contributed by atoms with van der Waals surface area (Å²) >= 11 is 3.40. The Morgan fingerprint density at radius 2 is 2.42 bits per heavy atom. The second-order valence-electron chi connectivity index (χ2n) is 2.39. The molecular formula is C8H7BrN2O. The number of pyridine rings is 1. The largest absolute Gasteiger partial charge is 0.494 e. The second-order valence-corrected chi connectivity index (χ2v) is 3.24. The number of rotatable bonds is 1. The third kappa shape index (κ3) is 1.08. The van der Waals surface area contributed by atoms with Gasteiger partial charge in [-0.25, -0.2) is 4.52 Å². The lowest BCUT2D eigenvalue weighted by Gasteiger charge is -2.02. The van der Waals surface area contributed by atoms with E-state index < -0.39 is 0 Å². The average molecular weight is 227 g/mol. The van der Waals surface area contributed by atoms with E-state index in [1.807, 2.05) is 18.3 Å². The molecule has 0 radical (unpaired) electrons. The van der Waals surface area contributed by atoms with Gasteiger partial charge in [0.15, 0.2) is 5.75 Å². The van der Waals surface area contributed by atoms with Gasteiger partial charge in [0, 0.05) is 6.20 Å². The average Bonchev–Trinajstić information content (AvgIpc) is 2.49. The minimum absolute atomic E-state index is 0.784. The molecule has 0 aliphatic rings. The third-order valence-electron chi connectivity index (χ3n) is 1.67. The molecule has 0 N–H and O–H groups in total. The van der Waals surface area contributed by atoms with Crippen LogP contribution in [-0.2, 0) is 0 Å². The number of aromatic nitrogens is 2. The van der Waals surface area contributed by atoms with Gasteiger partial charge in [0.05, 0.1) is 23.3 Å². The Kier molecular flexibility index (Phi) is 1.77. The topological polar surface area (TPSA) is 26.5 Å². The molecule has 0 atom stereocenters. The number of methoxy groups -OCH3 is 1. The molecule has 2 heterocycles. The highest BCUT2D eigenvalue weighted by Crippen LogP contribution is 2.25. The van der Waals surface area contributed by atoms with E-state index in [1.54, 1.807) is 17.8 Å². The lowest BCUT2D eigenvalue weighted by atomic mass is 10.4. The molecule has 2 aromatic rings. The van der Waals surface area contributed by atoms with E-state index in [0.29, 0.717) is 0 Å². The van der Waals surface area contributed by atoms with E-state index >= 15 is 0 Å². The van der Waals surface area contributed by atoms with Crippen LogP contribution in [0.5, 0.6) is 5.75 Å². The van der Waals surface area contributed by atoms with Gasteiger partial charge in [0.25, 0.3) is 0 Å². The Morgan fingerprint density at radius 1 is 1.58 bits per heavy atom. The first kappa shape index (κ1) is 7.61. The van der Waals surface area contributed by atoms with Crippen LogP contribution in [0.2, 0.25) is 0 Å². The van der Waals surface area contributed by atoms with Crippen molar-refractivity contribution >= 4 is 21.4 Å². The highest BCUT2D eigenvalue weighted by Gasteiger charge is 2.01. The monoisotopic (exact) mass is 226 g/mol. The normalized spacial score (nSPS) is 10.5. The first-order valence-corrected chi connectivity index (χ1v) is 4.27. The summed E-state index contributed by atoms with van der Waals surface area (Å²) in [5.41, 5.74) is 1.04. The predicted molar refractivity (Wildman–Crippen MR) is 49.4 cm³/mol. The van der Waals surface area contributed by atoms with E-state index in [-0.39, 0.29) is 0 Å². The molecule has 0 aliphatic carbocycles. The zero-order valence-electron chi connectivity index (χ0n) is 6.49. The molecule has 0 saturated carbocycles. The fourth-order valence-electron chi connectivity index (χ4n) is 1.07. The van der Waals surface area contributed by atoms with Gasteiger partial charge < -0.3 is 4.74 Å². The van der Waals surface area contributed by atoms with Gasteiger partial charge in [-0.1, -0.05) is 0 Å². The summed E-state index contributed by atoms with van der Waals surface area (Å²) in [6.07, 6.45) is 3.58. The summed E-state index contributed by atoms with van der Waals surface area (Å²) < 4.78 is 7.82. The van der Waals surface area contributed by atoms with E-state index in [2.05, 4.69) is 21.0 Å². The minimum atomic E-state index is 0.784. The van der Waals surface area contributed by atoms with Crippen LogP contribution >= 0.6 is 15.9 Å². The first-order chi connectivity index (χ1) is 5.81. The Bertz CT molecular complexity index is 410. The maximum Gasteiger partial charge on any atom is 0.151 e. The molecule has 12 heavy (non-hydrogen) atoms. The second kappa shape index (κ2) is 2.79. The van der Waals surface area contributed by atoms with Gasteiger partial charge in [-0.2, -0.15) is 5.10 Å². The zero-order valence-corrected chi connectivity index (χ0v) is 8.08. The Balaban J connectivity index is 2.73. The van der Waals surface area contributed by atoms with Crippen LogP contribution < -0.4 is 4.74 Å². The van der Waals surface area contributed by atoms with Gasteiger partial charge in [-0.15, -0.1) is 0 Å². The Morgan fingerprint density at radius 3 is 3.17 bits per heavy atom. The molecule has 0 spiro atoms. The van der Waals surface area contributed by atoms with Crippen LogP contribution in [0.3, 0.4) is 0 Å². The standard InChI is InChI=1S/C8H7BrN2O/c1-12-8-5-11-6(2-3-10-11)4-7(8)9/h2-5H,1H3. The molecule has 2 aromatic heterocycles. The van der Waals surface area contributed by atoms with Gasteiger partial charge in [-0.3, -0.25) is 0 Å². The van der Waals surface area contributed by atoms with Crippen LogP contribution in [-0.4, -0.2) is 16.7 Å². The van der Waals surface area contributed by atoms with Crippen molar-refractivity contribution in [1.82, 2.24) is 9.61 Å². The number of nitrogens with zero attached hydrogens (tertiary/aromatic N) is 2. The van der Waals surface area contributed by atoms with E-state index in [9.17, 15) is 0 Å². The van der Waals surface area contributed by atoms with Crippen molar-refractivity contribution in [3.05, 3.63) is 29.0 Å². The van der Waals surface area contributed by atoms with Crippen LogP contribution in [0.1, 0.15) is 0 Å². The summed E-state index contributed by atoms with van der Waals surface area (Å²) in [5.74, 6) is 0.784. The fraction of sp³-hybridized carbons (Fsp3) is 0.125. The molecule has 0 aliphatic heterocycles. The molecular weight excluding hydrogens is 220 g/mol. The molecule has 3 nitrogen and oxygen atoms in total. The summed E-state index contributed by atoms with van der Waals surface area (Å²) in [5, 5.41) is 4.08. The maximum atomic E-state index is 5.11. The molecule has 2 rings (SSSR count). The van der Waals surface area contributed by atoms with E-state index in [4.69, 9.17) is 4.74 Å². The molecule has 0 amide bonds. The minimum Gasteiger partial charge on any atom is -0.494 e. The Labute approximate surface area is 78.1 Å². The molecule has 0 bridgehead atoms. The fourth-order valence-corrected chi connectivity index (χ4v) is 1.57. The molecule has 0 fully saturated rings. The van der Waals surface area contributed by atoms with Gasteiger partial charge in [0.2, 0.25) is 0 Å². The number of hydrogen-bond acceptors (Lipinski definition) is 2. The SMILES string of the molecule is COc1cn2nccc2cc1Br. The van der Waals surface area contributed by atoms with E-state index in [1.165, 1.54) is 0 Å². The smallest absolute Gasteiger partial charge is 0.151 e. The Hall–Kier alpha value is -1.03. The predicted octanol–water partition coefficient (Wildman–Crippen LogP) is 2.11. The molecule has 0 aromatic carbocycles. The lowest BCUT2D eigenvalue weighted by molar-refractivity contribution is 0.409. The summed E-state index contributed by atoms with van der Waals surface area (Å²) in [6.45, 7) is 0. The molecule has 0 unspecified atom stereocenters. The highest BCUT2D eigenvalue weighted by atomic mass is 79.9. The van der Waals surface area contributed by atoms with Crippen molar-refractivity contribution < 1.29 is 4.74 Å². The quantitative estimate of drug-likeness (QED) is 0.745. The number of hydrogen-bond donors (Lipinski definition) is 0. The van der Waals surface area contributed by atoms with Crippen molar-refractivity contribution in [3.63, 3.8) is 0 Å². The summed E-state index contributed by atoms with van der Waals surface area (Å²) in [6, 6.07) is 3.90. The number of halogens is 1. The van der Waals surface area contributed by atoms with Crippen molar-refractivity contribution in [2.24, 2.45) is 0 Å². The third-order valence-corrected chi connectivity index (χ3v) is 2.29. The molecule has 0 saturated heterocycles. The van der Waals surface area contributed by atoms with Crippen molar-refractivity contribution in [1.29, 1.82) is 0 Å².